The highest BCUT2D eigenvalue weighted by molar-refractivity contribution is 7.12. The highest BCUT2D eigenvalue weighted by atomic mass is 35.5. The molecule has 1 heterocycles. The van der Waals surface area contributed by atoms with Crippen LogP contribution in [-0.2, 0) is 0 Å². The Morgan fingerprint density at radius 2 is 2.05 bits per heavy atom. The molecule has 1 aromatic heterocycles. The Morgan fingerprint density at radius 3 is 2.45 bits per heavy atom. The lowest BCUT2D eigenvalue weighted by molar-refractivity contribution is 0.0902. The molecular weight excluding hydrogens is 296 g/mol. The van der Waals surface area contributed by atoms with E-state index in [1.165, 1.54) is 18.3 Å². The second kappa shape index (κ2) is 7.76. The van der Waals surface area contributed by atoms with Gasteiger partial charge in [-0.1, -0.05) is 13.8 Å². The van der Waals surface area contributed by atoms with E-state index in [9.17, 15) is 9.59 Å². The molecular formula is C14H23ClN2O2S. The molecule has 0 radical (unpaired) electrons. The quantitative estimate of drug-likeness (QED) is 0.792. The van der Waals surface area contributed by atoms with E-state index in [1.807, 2.05) is 6.92 Å². The number of thiophene rings is 1. The van der Waals surface area contributed by atoms with Crippen LogP contribution in [0.4, 0.5) is 0 Å². The van der Waals surface area contributed by atoms with Gasteiger partial charge in [-0.25, -0.2) is 0 Å². The van der Waals surface area contributed by atoms with Gasteiger partial charge in [0, 0.05) is 17.5 Å². The van der Waals surface area contributed by atoms with Crippen molar-refractivity contribution in [1.29, 1.82) is 0 Å². The molecule has 6 heteroatoms. The molecule has 3 N–H and O–H groups in total. The van der Waals surface area contributed by atoms with Gasteiger partial charge in [-0.3, -0.25) is 9.59 Å². The molecule has 1 rings (SSSR count). The Hall–Kier alpha value is -0.910. The summed E-state index contributed by atoms with van der Waals surface area (Å²) in [6.07, 6.45) is 0.820. The summed E-state index contributed by atoms with van der Waals surface area (Å²) < 4.78 is 0. The third-order valence-electron chi connectivity index (χ3n) is 2.95. The van der Waals surface area contributed by atoms with E-state index in [4.69, 9.17) is 5.73 Å². The molecule has 1 unspecified atom stereocenters. The molecule has 20 heavy (non-hydrogen) atoms. The summed E-state index contributed by atoms with van der Waals surface area (Å²) >= 11 is 1.28. The van der Waals surface area contributed by atoms with E-state index in [0.717, 1.165) is 6.42 Å². The molecule has 0 aliphatic rings. The number of hydrogen-bond donors (Lipinski definition) is 2. The fraction of sp³-hybridized carbons (Fsp3) is 0.571. The van der Waals surface area contributed by atoms with Gasteiger partial charge >= 0.3 is 0 Å². The molecule has 0 aromatic carbocycles. The molecule has 0 saturated carbocycles. The topological polar surface area (TPSA) is 72.2 Å². The summed E-state index contributed by atoms with van der Waals surface area (Å²) in [5.74, 6) is 0.259. The van der Waals surface area contributed by atoms with E-state index in [0.29, 0.717) is 22.9 Å². The Morgan fingerprint density at radius 1 is 1.45 bits per heavy atom. The average Bonchev–Trinajstić information content (AvgIpc) is 2.77. The van der Waals surface area contributed by atoms with Gasteiger partial charge in [0.15, 0.2) is 5.78 Å². The summed E-state index contributed by atoms with van der Waals surface area (Å²) in [7, 11) is 0. The van der Waals surface area contributed by atoms with Crippen molar-refractivity contribution < 1.29 is 9.59 Å². The predicted octanol–water partition coefficient (Wildman–Crippen LogP) is 2.87. The number of carbonyl (C=O) groups is 2. The normalized spacial score (nSPS) is 13.5. The summed E-state index contributed by atoms with van der Waals surface area (Å²) in [4.78, 5) is 23.9. The van der Waals surface area contributed by atoms with Crippen molar-refractivity contribution >= 4 is 35.4 Å². The molecule has 0 saturated heterocycles. The first-order valence-corrected chi connectivity index (χ1v) is 7.27. The minimum Gasteiger partial charge on any atom is -0.345 e. The van der Waals surface area contributed by atoms with Crippen molar-refractivity contribution in [3.8, 4) is 0 Å². The molecule has 1 aromatic rings. The van der Waals surface area contributed by atoms with Crippen LogP contribution in [0.3, 0.4) is 0 Å². The van der Waals surface area contributed by atoms with Gasteiger partial charge in [-0.15, -0.1) is 23.7 Å². The number of carbonyl (C=O) groups excluding carboxylic acids is 2. The van der Waals surface area contributed by atoms with Crippen LogP contribution in [0.25, 0.3) is 0 Å². The summed E-state index contributed by atoms with van der Waals surface area (Å²) in [6, 6.07) is 1.63. The number of nitrogens with one attached hydrogen (secondary N) is 1. The molecule has 114 valence electrons. The van der Waals surface area contributed by atoms with Gasteiger partial charge in [-0.05, 0) is 32.3 Å². The molecule has 0 aliphatic carbocycles. The largest absolute Gasteiger partial charge is 0.345 e. The Labute approximate surface area is 130 Å². The zero-order valence-corrected chi connectivity index (χ0v) is 14.0. The maximum atomic E-state index is 12.2. The van der Waals surface area contributed by atoms with E-state index in [2.05, 4.69) is 19.2 Å². The van der Waals surface area contributed by atoms with Crippen LogP contribution in [0.2, 0.25) is 0 Å². The Bertz CT molecular complexity index is 473. The first kappa shape index (κ1) is 19.1. The van der Waals surface area contributed by atoms with Crippen LogP contribution < -0.4 is 11.1 Å². The SMILES string of the molecule is CC(=O)c1csc(C(=O)NC(C)(CN)CC(C)C)c1.Cl. The van der Waals surface area contributed by atoms with E-state index < -0.39 is 5.54 Å². The first-order chi connectivity index (χ1) is 8.77. The molecule has 4 nitrogen and oxygen atoms in total. The fourth-order valence-electron chi connectivity index (χ4n) is 2.06. The van der Waals surface area contributed by atoms with Crippen LogP contribution in [0.5, 0.6) is 0 Å². The number of hydrogen-bond acceptors (Lipinski definition) is 4. The Balaban J connectivity index is 0.00000361. The van der Waals surface area contributed by atoms with Crippen LogP contribution in [0, 0.1) is 5.92 Å². The van der Waals surface area contributed by atoms with Crippen molar-refractivity contribution in [3.05, 3.63) is 21.9 Å². The van der Waals surface area contributed by atoms with Crippen molar-refractivity contribution in [2.45, 2.75) is 39.7 Å². The van der Waals surface area contributed by atoms with Crippen molar-refractivity contribution in [1.82, 2.24) is 5.32 Å². The number of ketones is 1. The van der Waals surface area contributed by atoms with Gasteiger partial charge < -0.3 is 11.1 Å². The number of nitrogens with two attached hydrogens (primary N) is 1. The number of amides is 1. The third kappa shape index (κ3) is 5.23. The van der Waals surface area contributed by atoms with Crippen molar-refractivity contribution in [2.24, 2.45) is 11.7 Å². The van der Waals surface area contributed by atoms with E-state index >= 15 is 0 Å². The highest BCUT2D eigenvalue weighted by Crippen LogP contribution is 2.19. The van der Waals surface area contributed by atoms with Crippen LogP contribution in [0.1, 0.15) is 54.1 Å². The fourth-order valence-corrected chi connectivity index (χ4v) is 2.90. The van der Waals surface area contributed by atoms with E-state index in [-0.39, 0.29) is 24.1 Å². The minimum absolute atomic E-state index is 0. The monoisotopic (exact) mass is 318 g/mol. The van der Waals surface area contributed by atoms with Crippen molar-refractivity contribution in [2.75, 3.05) is 6.54 Å². The second-order valence-corrected chi connectivity index (χ2v) is 6.48. The third-order valence-corrected chi connectivity index (χ3v) is 3.88. The summed E-state index contributed by atoms with van der Waals surface area (Å²) in [6.45, 7) is 8.02. The smallest absolute Gasteiger partial charge is 0.261 e. The predicted molar refractivity (Wildman–Crippen MR) is 86.0 cm³/mol. The maximum Gasteiger partial charge on any atom is 0.261 e. The summed E-state index contributed by atoms with van der Waals surface area (Å²) in [5.41, 5.74) is 5.94. The zero-order valence-electron chi connectivity index (χ0n) is 12.4. The molecule has 0 aliphatic heterocycles. The van der Waals surface area contributed by atoms with Crippen LogP contribution >= 0.6 is 23.7 Å². The van der Waals surface area contributed by atoms with Gasteiger partial charge in [0.2, 0.25) is 0 Å². The van der Waals surface area contributed by atoms with Gasteiger partial charge in [0.1, 0.15) is 0 Å². The Kier molecular flexibility index (Phi) is 7.41. The van der Waals surface area contributed by atoms with Gasteiger partial charge in [0.25, 0.3) is 5.91 Å². The standard InChI is InChI=1S/C14H22N2O2S.ClH/c1-9(2)6-14(4,8-15)16-13(18)12-5-11(7-19-12)10(3)17;/h5,7,9H,6,8,15H2,1-4H3,(H,16,18);1H. The number of halogens is 1. The zero-order chi connectivity index (χ0) is 14.6. The molecule has 0 fully saturated rings. The second-order valence-electron chi connectivity index (χ2n) is 5.57. The lowest BCUT2D eigenvalue weighted by Gasteiger charge is -2.31. The van der Waals surface area contributed by atoms with E-state index in [1.54, 1.807) is 11.4 Å². The minimum atomic E-state index is -0.411. The average molecular weight is 319 g/mol. The lowest BCUT2D eigenvalue weighted by atomic mass is 9.90. The van der Waals surface area contributed by atoms with Crippen LogP contribution in [-0.4, -0.2) is 23.8 Å². The molecule has 0 bridgehead atoms. The van der Waals surface area contributed by atoms with Crippen molar-refractivity contribution in [3.63, 3.8) is 0 Å². The first-order valence-electron chi connectivity index (χ1n) is 6.39. The lowest BCUT2D eigenvalue weighted by Crippen LogP contribution is -2.52. The van der Waals surface area contributed by atoms with Crippen LogP contribution in [0.15, 0.2) is 11.4 Å². The molecule has 1 atom stereocenters. The number of rotatable bonds is 6. The molecule has 0 spiro atoms. The molecule has 1 amide bonds. The van der Waals surface area contributed by atoms with Gasteiger partial charge in [0.05, 0.1) is 10.4 Å². The highest BCUT2D eigenvalue weighted by Gasteiger charge is 2.27. The number of Topliss-reactive ketones (excluding diaryl/α,β-unsaturated/α-hetero) is 1. The van der Waals surface area contributed by atoms with Gasteiger partial charge in [-0.2, -0.15) is 0 Å². The summed E-state index contributed by atoms with van der Waals surface area (Å²) in [5, 5.41) is 4.69. The maximum absolute atomic E-state index is 12.2.